The van der Waals surface area contributed by atoms with Gasteiger partial charge in [0.1, 0.15) is 5.01 Å². The summed E-state index contributed by atoms with van der Waals surface area (Å²) in [6, 6.07) is 16.2. The van der Waals surface area contributed by atoms with Crippen molar-refractivity contribution in [1.29, 1.82) is 0 Å². The van der Waals surface area contributed by atoms with Crippen molar-refractivity contribution in [3.63, 3.8) is 0 Å². The van der Waals surface area contributed by atoms with Crippen LogP contribution in [0.4, 0.5) is 0 Å². The summed E-state index contributed by atoms with van der Waals surface area (Å²) < 4.78 is 0. The van der Waals surface area contributed by atoms with E-state index in [9.17, 15) is 9.90 Å². The Morgan fingerprint density at radius 2 is 1.65 bits per heavy atom. The Kier molecular flexibility index (Phi) is 3.31. The maximum Gasteiger partial charge on any atom is 0.220 e. The number of nitrogens with zero attached hydrogens (tertiary/aromatic N) is 1. The molecule has 98 valence electrons. The topological polar surface area (TPSA) is 50.2 Å². The second-order valence-electron chi connectivity index (χ2n) is 4.25. The van der Waals surface area contributed by atoms with Gasteiger partial charge < -0.3 is 5.11 Å². The van der Waals surface area contributed by atoms with Gasteiger partial charge in [-0.05, 0) is 12.1 Å². The number of aromatic hydroxyl groups is 1. The molecule has 1 aromatic heterocycles. The lowest BCUT2D eigenvalue weighted by atomic mass is 10.2. The number of rotatable bonds is 2. The van der Waals surface area contributed by atoms with Gasteiger partial charge in [0.15, 0.2) is 5.75 Å². The summed E-state index contributed by atoms with van der Waals surface area (Å²) in [5.74, 6) is -0.264. The Balaban J connectivity index is 2.10. The van der Waals surface area contributed by atoms with Gasteiger partial charge in [-0.15, -0.1) is 11.3 Å². The second-order valence-corrected chi connectivity index (χ2v) is 5.11. The number of hydrogen-bond acceptors (Lipinski definition) is 4. The Morgan fingerprint density at radius 3 is 2.45 bits per heavy atom. The van der Waals surface area contributed by atoms with Gasteiger partial charge >= 0.3 is 0 Å². The lowest BCUT2D eigenvalue weighted by Gasteiger charge is -1.96. The first-order valence-corrected chi connectivity index (χ1v) is 6.97. The molecule has 4 heteroatoms. The van der Waals surface area contributed by atoms with Crippen LogP contribution in [0.15, 0.2) is 64.8 Å². The third-order valence-corrected chi connectivity index (χ3v) is 3.80. The van der Waals surface area contributed by atoms with E-state index in [1.165, 1.54) is 17.4 Å². The van der Waals surface area contributed by atoms with Crippen molar-refractivity contribution in [2.45, 2.75) is 0 Å². The molecule has 0 aliphatic rings. The molecule has 0 radical (unpaired) electrons. The zero-order valence-electron chi connectivity index (χ0n) is 10.5. The van der Waals surface area contributed by atoms with Gasteiger partial charge in [-0.1, -0.05) is 42.5 Å². The molecule has 0 aliphatic heterocycles. The van der Waals surface area contributed by atoms with Gasteiger partial charge in [-0.25, -0.2) is 4.98 Å². The highest BCUT2D eigenvalue weighted by Crippen LogP contribution is 2.31. The zero-order valence-corrected chi connectivity index (χ0v) is 11.3. The van der Waals surface area contributed by atoms with Crippen molar-refractivity contribution in [1.82, 2.24) is 4.98 Å². The third-order valence-electron chi connectivity index (χ3n) is 2.91. The van der Waals surface area contributed by atoms with Crippen molar-refractivity contribution in [3.8, 4) is 27.6 Å². The summed E-state index contributed by atoms with van der Waals surface area (Å²) in [5.41, 5.74) is 1.68. The molecule has 0 unspecified atom stereocenters. The Bertz CT molecular complexity index is 797. The van der Waals surface area contributed by atoms with E-state index in [0.717, 1.165) is 10.6 Å². The van der Waals surface area contributed by atoms with Crippen LogP contribution in [-0.2, 0) is 0 Å². The predicted molar refractivity (Wildman–Crippen MR) is 80.9 cm³/mol. The minimum atomic E-state index is -0.403. The largest absolute Gasteiger partial charge is 0.504 e. The fraction of sp³-hybridized carbons (Fsp3) is 0. The highest BCUT2D eigenvalue weighted by atomic mass is 32.1. The van der Waals surface area contributed by atoms with E-state index >= 15 is 0 Å². The lowest BCUT2D eigenvalue weighted by Crippen LogP contribution is -1.94. The van der Waals surface area contributed by atoms with E-state index in [-0.39, 0.29) is 5.75 Å². The maximum atomic E-state index is 11.6. The van der Waals surface area contributed by atoms with Crippen molar-refractivity contribution >= 4 is 11.3 Å². The third kappa shape index (κ3) is 2.33. The minimum Gasteiger partial charge on any atom is -0.504 e. The fourth-order valence-corrected chi connectivity index (χ4v) is 2.73. The highest BCUT2D eigenvalue weighted by molar-refractivity contribution is 7.13. The highest BCUT2D eigenvalue weighted by Gasteiger charge is 2.10. The van der Waals surface area contributed by atoms with Gasteiger partial charge in [0.05, 0.1) is 5.69 Å². The summed E-state index contributed by atoms with van der Waals surface area (Å²) in [5, 5.41) is 12.6. The molecule has 0 fully saturated rings. The minimum absolute atomic E-state index is 0.264. The molecule has 20 heavy (non-hydrogen) atoms. The van der Waals surface area contributed by atoms with Crippen LogP contribution in [0.25, 0.3) is 21.8 Å². The molecular formula is C16H11NO2S. The zero-order chi connectivity index (χ0) is 13.9. The van der Waals surface area contributed by atoms with Gasteiger partial charge in [-0.2, -0.15) is 0 Å². The van der Waals surface area contributed by atoms with E-state index in [1.807, 2.05) is 35.7 Å². The summed E-state index contributed by atoms with van der Waals surface area (Å²) in [7, 11) is 0. The van der Waals surface area contributed by atoms with Crippen LogP contribution in [0.1, 0.15) is 0 Å². The molecule has 1 N–H and O–H groups in total. The Morgan fingerprint density at radius 1 is 0.950 bits per heavy atom. The van der Waals surface area contributed by atoms with Crippen LogP contribution in [0.3, 0.4) is 0 Å². The average molecular weight is 281 g/mol. The monoisotopic (exact) mass is 281 g/mol. The standard InChI is InChI=1S/C16H11NO2S/c18-14-9-5-4-8-12(15(14)19)13-10-20-16(17-13)11-6-2-1-3-7-11/h1-10H,(H,18,19). The van der Waals surface area contributed by atoms with E-state index < -0.39 is 5.43 Å². The molecule has 0 spiro atoms. The molecule has 3 nitrogen and oxygen atoms in total. The molecule has 0 bridgehead atoms. The number of benzene rings is 1. The smallest absolute Gasteiger partial charge is 0.220 e. The molecule has 1 heterocycles. The summed E-state index contributed by atoms with van der Waals surface area (Å²) >= 11 is 1.48. The van der Waals surface area contributed by atoms with E-state index in [4.69, 9.17) is 0 Å². The maximum absolute atomic E-state index is 11.6. The average Bonchev–Trinajstić information content (AvgIpc) is 2.90. The molecule has 0 amide bonds. The van der Waals surface area contributed by atoms with Crippen LogP contribution >= 0.6 is 11.3 Å². The van der Waals surface area contributed by atoms with Crippen LogP contribution in [0.5, 0.6) is 5.75 Å². The van der Waals surface area contributed by atoms with Crippen LogP contribution in [-0.4, -0.2) is 10.1 Å². The Labute approximate surface area is 119 Å². The van der Waals surface area contributed by atoms with Crippen LogP contribution in [0.2, 0.25) is 0 Å². The summed E-state index contributed by atoms with van der Waals surface area (Å²) in [4.78, 5) is 16.1. The molecule has 0 saturated heterocycles. The first-order valence-electron chi connectivity index (χ1n) is 6.09. The fourth-order valence-electron chi connectivity index (χ4n) is 1.90. The number of thiazole rings is 1. The van der Waals surface area contributed by atoms with Crippen molar-refractivity contribution in [3.05, 3.63) is 70.2 Å². The normalized spacial score (nSPS) is 10.4. The van der Waals surface area contributed by atoms with E-state index in [2.05, 4.69) is 4.98 Å². The van der Waals surface area contributed by atoms with Crippen LogP contribution < -0.4 is 5.43 Å². The molecule has 3 aromatic rings. The first-order chi connectivity index (χ1) is 9.75. The quantitative estimate of drug-likeness (QED) is 0.781. The SMILES string of the molecule is O=c1ccccc(-c2csc(-c3ccccc3)n2)c1O. The molecule has 2 aromatic carbocycles. The van der Waals surface area contributed by atoms with Crippen molar-refractivity contribution < 1.29 is 5.11 Å². The van der Waals surface area contributed by atoms with Gasteiger partial charge in [0.2, 0.25) is 5.43 Å². The Hall–Kier alpha value is -2.46. The van der Waals surface area contributed by atoms with E-state index in [0.29, 0.717) is 11.3 Å². The summed E-state index contributed by atoms with van der Waals surface area (Å²) in [6.07, 6.45) is 0. The van der Waals surface area contributed by atoms with Crippen molar-refractivity contribution in [2.24, 2.45) is 0 Å². The molecule has 0 atom stereocenters. The molecule has 3 rings (SSSR count). The van der Waals surface area contributed by atoms with Gasteiger partial charge in [0.25, 0.3) is 0 Å². The van der Waals surface area contributed by atoms with Crippen molar-refractivity contribution in [2.75, 3.05) is 0 Å². The molecule has 0 saturated carbocycles. The number of aromatic nitrogens is 1. The molecular weight excluding hydrogens is 270 g/mol. The molecule has 0 aliphatic carbocycles. The van der Waals surface area contributed by atoms with Gasteiger partial charge in [-0.3, -0.25) is 4.79 Å². The second kappa shape index (κ2) is 5.27. The predicted octanol–water partition coefficient (Wildman–Crippen LogP) is 3.54. The first kappa shape index (κ1) is 12.6. The number of hydrogen-bond donors (Lipinski definition) is 1. The van der Waals surface area contributed by atoms with E-state index in [1.54, 1.807) is 18.2 Å². The van der Waals surface area contributed by atoms with Crippen LogP contribution in [0, 0.1) is 0 Å². The van der Waals surface area contributed by atoms with Gasteiger partial charge in [0, 0.05) is 16.5 Å². The lowest BCUT2D eigenvalue weighted by molar-refractivity contribution is 0.473. The summed E-state index contributed by atoms with van der Waals surface area (Å²) in [6.45, 7) is 0.